The molecule has 3 aromatic rings. The molecule has 1 aliphatic heterocycles. The van der Waals surface area contributed by atoms with Gasteiger partial charge in [0, 0.05) is 32.4 Å². The van der Waals surface area contributed by atoms with Gasteiger partial charge in [-0.3, -0.25) is 0 Å². The van der Waals surface area contributed by atoms with Gasteiger partial charge in [0.25, 0.3) is 0 Å². The van der Waals surface area contributed by atoms with Crippen LogP contribution in [-0.2, 0) is 10.0 Å². The summed E-state index contributed by atoms with van der Waals surface area (Å²) in [5, 5.41) is 0. The average Bonchev–Trinajstić information content (AvgIpc) is 3.30. The summed E-state index contributed by atoms with van der Waals surface area (Å²) in [5.41, 5.74) is 2.41. The summed E-state index contributed by atoms with van der Waals surface area (Å²) in [6.07, 6.45) is 3.25. The lowest BCUT2D eigenvalue weighted by atomic mass is 10.00. The van der Waals surface area contributed by atoms with E-state index in [9.17, 15) is 8.42 Å². The van der Waals surface area contributed by atoms with Gasteiger partial charge in [-0.2, -0.15) is 4.31 Å². The minimum Gasteiger partial charge on any atom is -0.497 e. The highest BCUT2D eigenvalue weighted by Gasteiger charge is 2.38. The van der Waals surface area contributed by atoms with E-state index in [4.69, 9.17) is 9.72 Å². The first-order valence-corrected chi connectivity index (χ1v) is 11.6. The van der Waals surface area contributed by atoms with Crippen molar-refractivity contribution in [1.82, 2.24) is 14.3 Å². The lowest BCUT2D eigenvalue weighted by Gasteiger charge is -2.26. The molecule has 0 saturated carbocycles. The summed E-state index contributed by atoms with van der Waals surface area (Å²) >= 11 is 0. The van der Waals surface area contributed by atoms with Gasteiger partial charge in [-0.15, -0.1) is 0 Å². The Labute approximate surface area is 183 Å². The maximum absolute atomic E-state index is 13.4. The van der Waals surface area contributed by atoms with Crippen LogP contribution in [0.15, 0.2) is 65.7 Å². The number of aromatic nitrogens is 2. The summed E-state index contributed by atoms with van der Waals surface area (Å²) in [6.45, 7) is 0.459. The van der Waals surface area contributed by atoms with Crippen molar-refractivity contribution in [3.05, 3.63) is 66.5 Å². The van der Waals surface area contributed by atoms with Gasteiger partial charge in [0.05, 0.1) is 23.7 Å². The van der Waals surface area contributed by atoms with Crippen LogP contribution >= 0.6 is 0 Å². The second-order valence-corrected chi connectivity index (χ2v) is 9.57. The van der Waals surface area contributed by atoms with E-state index >= 15 is 0 Å². The highest BCUT2D eigenvalue weighted by molar-refractivity contribution is 7.89. The fraction of sp³-hybridized carbons (Fsp3) is 0.304. The fourth-order valence-electron chi connectivity index (χ4n) is 3.90. The Kier molecular flexibility index (Phi) is 5.93. The maximum Gasteiger partial charge on any atom is 0.243 e. The number of sulfonamides is 1. The van der Waals surface area contributed by atoms with Crippen LogP contribution in [0.3, 0.4) is 0 Å². The lowest BCUT2D eigenvalue weighted by molar-refractivity contribution is 0.391. The van der Waals surface area contributed by atoms with Crippen molar-refractivity contribution in [1.29, 1.82) is 0 Å². The van der Waals surface area contributed by atoms with E-state index in [1.807, 2.05) is 49.3 Å². The predicted octanol–water partition coefficient (Wildman–Crippen LogP) is 3.74. The van der Waals surface area contributed by atoms with E-state index in [1.54, 1.807) is 41.9 Å². The van der Waals surface area contributed by atoms with Gasteiger partial charge in [-0.05, 0) is 42.7 Å². The van der Waals surface area contributed by atoms with Gasteiger partial charge in [0.1, 0.15) is 5.75 Å². The van der Waals surface area contributed by atoms with E-state index in [0.29, 0.717) is 29.5 Å². The van der Waals surface area contributed by atoms with Crippen molar-refractivity contribution in [2.75, 3.05) is 32.6 Å². The Morgan fingerprint density at radius 2 is 1.87 bits per heavy atom. The second-order valence-electron chi connectivity index (χ2n) is 7.68. The van der Waals surface area contributed by atoms with Gasteiger partial charge in [-0.1, -0.05) is 30.3 Å². The lowest BCUT2D eigenvalue weighted by Crippen LogP contribution is -2.31. The van der Waals surface area contributed by atoms with Gasteiger partial charge >= 0.3 is 0 Å². The van der Waals surface area contributed by atoms with Crippen LogP contribution in [0.2, 0.25) is 0 Å². The third kappa shape index (κ3) is 4.13. The molecule has 0 amide bonds. The summed E-state index contributed by atoms with van der Waals surface area (Å²) in [7, 11) is 1.72. The third-order valence-corrected chi connectivity index (χ3v) is 7.38. The normalized spacial score (nSPS) is 16.9. The molecule has 0 N–H and O–H groups in total. The zero-order chi connectivity index (χ0) is 22.0. The van der Waals surface area contributed by atoms with E-state index in [2.05, 4.69) is 4.98 Å². The van der Waals surface area contributed by atoms with Crippen molar-refractivity contribution in [3.63, 3.8) is 0 Å². The molecule has 1 aromatic heterocycles. The quantitative estimate of drug-likeness (QED) is 0.584. The summed E-state index contributed by atoms with van der Waals surface area (Å²) in [4.78, 5) is 11.4. The number of rotatable bonds is 6. The number of nitrogens with zero attached hydrogens (tertiary/aromatic N) is 4. The van der Waals surface area contributed by atoms with E-state index in [1.165, 1.54) is 0 Å². The van der Waals surface area contributed by atoms with Crippen molar-refractivity contribution >= 4 is 16.0 Å². The van der Waals surface area contributed by atoms with Gasteiger partial charge in [0.2, 0.25) is 16.0 Å². The molecule has 1 saturated heterocycles. The number of hydrogen-bond acceptors (Lipinski definition) is 6. The van der Waals surface area contributed by atoms with Crippen molar-refractivity contribution < 1.29 is 13.2 Å². The first kappa shape index (κ1) is 21.3. The smallest absolute Gasteiger partial charge is 0.243 e. The largest absolute Gasteiger partial charge is 0.497 e. The van der Waals surface area contributed by atoms with Crippen LogP contribution in [0.1, 0.15) is 24.6 Å². The molecule has 2 heterocycles. The number of benzene rings is 2. The monoisotopic (exact) mass is 438 g/mol. The standard InChI is InChI=1S/C23H26N4O3S/c1-26(2)23-24-16-20(17-9-7-10-18(15-17)30-3)22(25-23)21-13-8-14-27(21)31(28,29)19-11-5-4-6-12-19/h4-7,9-12,15-16,21H,8,13-14H2,1-3H3. The molecule has 162 valence electrons. The molecular formula is C23H26N4O3S. The highest BCUT2D eigenvalue weighted by atomic mass is 32.2. The van der Waals surface area contributed by atoms with Crippen molar-refractivity contribution in [2.45, 2.75) is 23.8 Å². The molecule has 1 unspecified atom stereocenters. The molecule has 1 fully saturated rings. The zero-order valence-electron chi connectivity index (χ0n) is 17.9. The first-order chi connectivity index (χ1) is 14.9. The van der Waals surface area contributed by atoms with Gasteiger partial charge in [-0.25, -0.2) is 18.4 Å². The molecular weight excluding hydrogens is 412 g/mol. The number of hydrogen-bond donors (Lipinski definition) is 0. The van der Waals surface area contributed by atoms with Crippen LogP contribution in [0, 0.1) is 0 Å². The SMILES string of the molecule is COc1cccc(-c2cnc(N(C)C)nc2C2CCCN2S(=O)(=O)c2ccccc2)c1. The zero-order valence-corrected chi connectivity index (χ0v) is 18.7. The average molecular weight is 439 g/mol. The molecule has 1 aliphatic rings. The topological polar surface area (TPSA) is 75.6 Å². The Morgan fingerprint density at radius 1 is 1.10 bits per heavy atom. The Morgan fingerprint density at radius 3 is 2.58 bits per heavy atom. The minimum atomic E-state index is -3.65. The molecule has 0 radical (unpaired) electrons. The fourth-order valence-corrected chi connectivity index (χ4v) is 5.58. The van der Waals surface area contributed by atoms with Gasteiger partial charge in [0.15, 0.2) is 0 Å². The second kappa shape index (κ2) is 8.64. The van der Waals surface area contributed by atoms with Crippen LogP contribution < -0.4 is 9.64 Å². The molecule has 2 aromatic carbocycles. The van der Waals surface area contributed by atoms with Crippen LogP contribution in [-0.4, -0.2) is 50.4 Å². The summed E-state index contributed by atoms with van der Waals surface area (Å²) in [6, 6.07) is 15.9. The summed E-state index contributed by atoms with van der Waals surface area (Å²) < 4.78 is 33.8. The van der Waals surface area contributed by atoms with Crippen molar-refractivity contribution in [2.24, 2.45) is 0 Å². The molecule has 7 nitrogen and oxygen atoms in total. The molecule has 0 bridgehead atoms. The molecule has 8 heteroatoms. The summed E-state index contributed by atoms with van der Waals surface area (Å²) in [5.74, 6) is 1.27. The minimum absolute atomic E-state index is 0.298. The Balaban J connectivity index is 1.84. The van der Waals surface area contributed by atoms with Crippen LogP contribution in [0.25, 0.3) is 11.1 Å². The number of ether oxygens (including phenoxy) is 1. The Bertz CT molecular complexity index is 1170. The highest BCUT2D eigenvalue weighted by Crippen LogP contribution is 2.40. The molecule has 0 aliphatic carbocycles. The van der Waals surface area contributed by atoms with E-state index in [-0.39, 0.29) is 6.04 Å². The maximum atomic E-state index is 13.4. The number of anilines is 1. The van der Waals surface area contributed by atoms with Crippen LogP contribution in [0.4, 0.5) is 5.95 Å². The third-order valence-electron chi connectivity index (χ3n) is 5.46. The van der Waals surface area contributed by atoms with E-state index < -0.39 is 10.0 Å². The van der Waals surface area contributed by atoms with E-state index in [0.717, 1.165) is 23.3 Å². The molecule has 31 heavy (non-hydrogen) atoms. The number of methoxy groups -OCH3 is 1. The Hall–Kier alpha value is -2.97. The van der Waals surface area contributed by atoms with Crippen LogP contribution in [0.5, 0.6) is 5.75 Å². The van der Waals surface area contributed by atoms with Gasteiger partial charge < -0.3 is 9.64 Å². The molecule has 0 spiro atoms. The van der Waals surface area contributed by atoms with Crippen molar-refractivity contribution in [3.8, 4) is 16.9 Å². The molecule has 1 atom stereocenters. The predicted molar refractivity (Wildman–Crippen MR) is 121 cm³/mol. The molecule has 4 rings (SSSR count). The first-order valence-electron chi connectivity index (χ1n) is 10.2.